The lowest BCUT2D eigenvalue weighted by molar-refractivity contribution is -0.384. The summed E-state index contributed by atoms with van der Waals surface area (Å²) in [6.45, 7) is 1.96. The molecule has 4 N–H and O–H groups in total. The monoisotopic (exact) mass is 571 g/mol. The highest BCUT2D eigenvalue weighted by atomic mass is 16.6. The fourth-order valence-corrected chi connectivity index (χ4v) is 5.34. The van der Waals surface area contributed by atoms with E-state index in [9.17, 15) is 24.5 Å². The first-order valence-electron chi connectivity index (χ1n) is 14.0. The Morgan fingerprint density at radius 3 is 2.21 bits per heavy atom. The molecule has 0 atom stereocenters. The second-order valence-corrected chi connectivity index (χ2v) is 10.6. The molecule has 3 amide bonds. The molecule has 1 aliphatic heterocycles. The van der Waals surface area contributed by atoms with E-state index in [1.165, 1.54) is 24.3 Å². The maximum absolute atomic E-state index is 13.2. The molecule has 2 aromatic carbocycles. The molecule has 3 aromatic rings. The van der Waals surface area contributed by atoms with E-state index in [1.54, 1.807) is 47.6 Å². The summed E-state index contributed by atoms with van der Waals surface area (Å²) in [5.74, 6) is -0.791. The number of carbonyl (C=O) groups excluding carboxylic acids is 3. The average molecular weight is 572 g/mol. The lowest BCUT2D eigenvalue weighted by atomic mass is 9.91. The fraction of sp³-hybridized carbons (Fsp3) is 0.333. The van der Waals surface area contributed by atoms with Crippen LogP contribution in [0.4, 0.5) is 17.1 Å². The standard InChI is InChI=1S/C30H33N7O5/c31-23-6-8-24(9-7-23)33-29(39)21-5-12-27(26(18-21)34-28(38)20-3-10-25(11-4-20)37(41)42)35-14-16-36(17-15-35)30(40)22-2-1-13-32-19-22/h1-5,10-13,18-19,23-24H,6-9,14-17,31H2,(H,33,39)(H,34,38). The van der Waals surface area contributed by atoms with Gasteiger partial charge in [-0.15, -0.1) is 0 Å². The van der Waals surface area contributed by atoms with Gasteiger partial charge in [-0.2, -0.15) is 0 Å². The predicted octanol–water partition coefficient (Wildman–Crippen LogP) is 3.20. The van der Waals surface area contributed by atoms with Gasteiger partial charge in [0.05, 0.1) is 21.9 Å². The van der Waals surface area contributed by atoms with Crippen LogP contribution in [0.2, 0.25) is 0 Å². The Kier molecular flexibility index (Phi) is 8.72. The van der Waals surface area contributed by atoms with Crippen LogP contribution in [0.25, 0.3) is 0 Å². The van der Waals surface area contributed by atoms with Crippen molar-refractivity contribution >= 4 is 34.8 Å². The number of nitrogens with one attached hydrogen (secondary N) is 2. The lowest BCUT2D eigenvalue weighted by Crippen LogP contribution is -2.49. The first-order valence-corrected chi connectivity index (χ1v) is 14.0. The number of anilines is 2. The highest BCUT2D eigenvalue weighted by Gasteiger charge is 2.26. The van der Waals surface area contributed by atoms with Crippen LogP contribution < -0.4 is 21.3 Å². The minimum Gasteiger partial charge on any atom is -0.366 e. The number of non-ortho nitro benzene ring substituents is 1. The summed E-state index contributed by atoms with van der Waals surface area (Å²) in [5, 5.41) is 17.0. The topological polar surface area (TPSA) is 164 Å². The van der Waals surface area contributed by atoms with Crippen LogP contribution in [-0.2, 0) is 0 Å². The van der Waals surface area contributed by atoms with E-state index in [0.29, 0.717) is 48.7 Å². The molecule has 0 spiro atoms. The largest absolute Gasteiger partial charge is 0.366 e. The second-order valence-electron chi connectivity index (χ2n) is 10.6. The van der Waals surface area contributed by atoms with E-state index >= 15 is 0 Å². The number of nitro groups is 1. The molecule has 2 aliphatic rings. The lowest BCUT2D eigenvalue weighted by Gasteiger charge is -2.37. The maximum Gasteiger partial charge on any atom is 0.269 e. The zero-order valence-electron chi connectivity index (χ0n) is 23.1. The SMILES string of the molecule is NC1CCC(NC(=O)c2ccc(N3CCN(C(=O)c4cccnc4)CC3)c(NC(=O)c3ccc([N+](=O)[O-])cc3)c2)CC1. The predicted molar refractivity (Wildman–Crippen MR) is 158 cm³/mol. The van der Waals surface area contributed by atoms with Gasteiger partial charge in [-0.05, 0) is 68.1 Å². The Morgan fingerprint density at radius 2 is 1.57 bits per heavy atom. The van der Waals surface area contributed by atoms with E-state index in [2.05, 4.69) is 20.5 Å². The number of piperazine rings is 1. The Morgan fingerprint density at radius 1 is 0.881 bits per heavy atom. The third-order valence-corrected chi connectivity index (χ3v) is 7.77. The molecule has 12 heteroatoms. The number of benzene rings is 2. The Hall–Kier alpha value is -4.84. The van der Waals surface area contributed by atoms with Crippen molar-refractivity contribution in [2.75, 3.05) is 36.4 Å². The molecule has 42 heavy (non-hydrogen) atoms. The van der Waals surface area contributed by atoms with Gasteiger partial charge in [0.1, 0.15) is 0 Å². The van der Waals surface area contributed by atoms with Gasteiger partial charge >= 0.3 is 0 Å². The number of aromatic nitrogens is 1. The van der Waals surface area contributed by atoms with Crippen LogP contribution in [0.1, 0.15) is 56.8 Å². The quantitative estimate of drug-likeness (QED) is 0.287. The number of hydrogen-bond donors (Lipinski definition) is 3. The van der Waals surface area contributed by atoms with E-state index in [1.807, 2.05) is 0 Å². The smallest absolute Gasteiger partial charge is 0.269 e. The maximum atomic E-state index is 13.2. The summed E-state index contributed by atoms with van der Waals surface area (Å²) in [6.07, 6.45) is 6.51. The first kappa shape index (κ1) is 28.7. The molecule has 0 radical (unpaired) electrons. The molecule has 0 bridgehead atoms. The third kappa shape index (κ3) is 6.72. The molecule has 1 aromatic heterocycles. The van der Waals surface area contributed by atoms with Crippen molar-refractivity contribution in [3.63, 3.8) is 0 Å². The fourth-order valence-electron chi connectivity index (χ4n) is 5.34. The first-order chi connectivity index (χ1) is 20.3. The van der Waals surface area contributed by atoms with Gasteiger partial charge in [0, 0.05) is 73.9 Å². The molecule has 218 valence electrons. The zero-order chi connectivity index (χ0) is 29.6. The van der Waals surface area contributed by atoms with Crippen LogP contribution in [0.15, 0.2) is 67.0 Å². The highest BCUT2D eigenvalue weighted by molar-refractivity contribution is 6.07. The van der Waals surface area contributed by atoms with Crippen LogP contribution in [0.3, 0.4) is 0 Å². The summed E-state index contributed by atoms with van der Waals surface area (Å²) in [7, 11) is 0. The number of nitrogens with two attached hydrogens (primary N) is 1. The molecular formula is C30H33N7O5. The van der Waals surface area contributed by atoms with Crippen molar-refractivity contribution in [1.82, 2.24) is 15.2 Å². The molecule has 2 fully saturated rings. The average Bonchev–Trinajstić information content (AvgIpc) is 3.02. The highest BCUT2D eigenvalue weighted by Crippen LogP contribution is 2.30. The minimum absolute atomic E-state index is 0.0422. The van der Waals surface area contributed by atoms with Gasteiger partial charge in [0.15, 0.2) is 0 Å². The molecule has 0 unspecified atom stereocenters. The van der Waals surface area contributed by atoms with Gasteiger partial charge in [-0.25, -0.2) is 0 Å². The Labute approximate surface area is 243 Å². The van der Waals surface area contributed by atoms with Gasteiger partial charge in [-0.1, -0.05) is 0 Å². The van der Waals surface area contributed by atoms with Crippen molar-refractivity contribution in [2.24, 2.45) is 5.73 Å². The summed E-state index contributed by atoms with van der Waals surface area (Å²) >= 11 is 0. The summed E-state index contributed by atoms with van der Waals surface area (Å²) in [6, 6.07) is 14.2. The van der Waals surface area contributed by atoms with Gasteiger partial charge in [-0.3, -0.25) is 29.5 Å². The Bertz CT molecular complexity index is 1450. The second kappa shape index (κ2) is 12.8. The molecular weight excluding hydrogens is 538 g/mol. The molecule has 2 heterocycles. The van der Waals surface area contributed by atoms with Gasteiger partial charge in [0.2, 0.25) is 0 Å². The number of nitro benzene ring substituents is 1. The molecule has 5 rings (SSSR count). The van der Waals surface area contributed by atoms with E-state index < -0.39 is 10.8 Å². The van der Waals surface area contributed by atoms with Crippen LogP contribution in [0.5, 0.6) is 0 Å². The van der Waals surface area contributed by atoms with Crippen molar-refractivity contribution in [3.8, 4) is 0 Å². The van der Waals surface area contributed by atoms with Crippen LogP contribution >= 0.6 is 0 Å². The van der Waals surface area contributed by atoms with Crippen LogP contribution in [-0.4, -0.2) is 70.8 Å². The zero-order valence-corrected chi connectivity index (χ0v) is 23.1. The van der Waals surface area contributed by atoms with Crippen molar-refractivity contribution in [3.05, 3.63) is 93.8 Å². The number of amides is 3. The Balaban J connectivity index is 1.34. The minimum atomic E-state index is -0.527. The number of hydrogen-bond acceptors (Lipinski definition) is 8. The van der Waals surface area contributed by atoms with Gasteiger partial charge < -0.3 is 26.2 Å². The number of pyridine rings is 1. The molecule has 1 aliphatic carbocycles. The van der Waals surface area contributed by atoms with E-state index in [4.69, 9.17) is 5.73 Å². The van der Waals surface area contributed by atoms with Crippen molar-refractivity contribution in [2.45, 2.75) is 37.8 Å². The van der Waals surface area contributed by atoms with Crippen molar-refractivity contribution in [1.29, 1.82) is 0 Å². The van der Waals surface area contributed by atoms with E-state index in [0.717, 1.165) is 25.7 Å². The number of carbonyl (C=O) groups is 3. The summed E-state index contributed by atoms with van der Waals surface area (Å²) in [5.41, 5.74) is 8.20. The molecule has 12 nitrogen and oxygen atoms in total. The third-order valence-electron chi connectivity index (χ3n) is 7.77. The van der Waals surface area contributed by atoms with Crippen molar-refractivity contribution < 1.29 is 19.3 Å². The normalized spacial score (nSPS) is 18.7. The van der Waals surface area contributed by atoms with E-state index in [-0.39, 0.29) is 35.1 Å². The van der Waals surface area contributed by atoms with Gasteiger partial charge in [0.25, 0.3) is 23.4 Å². The summed E-state index contributed by atoms with van der Waals surface area (Å²) < 4.78 is 0. The number of nitrogens with zero attached hydrogens (tertiary/aromatic N) is 4. The summed E-state index contributed by atoms with van der Waals surface area (Å²) in [4.78, 5) is 57.6. The molecule has 1 saturated carbocycles. The van der Waals surface area contributed by atoms with Crippen LogP contribution in [0, 0.1) is 10.1 Å². The number of rotatable bonds is 7. The molecule has 1 saturated heterocycles.